The topological polar surface area (TPSA) is 60.4 Å². The highest BCUT2D eigenvalue weighted by Gasteiger charge is 2.16. The Hall–Kier alpha value is -3.03. The zero-order chi connectivity index (χ0) is 20.7. The van der Waals surface area contributed by atoms with E-state index >= 15 is 0 Å². The summed E-state index contributed by atoms with van der Waals surface area (Å²) in [5.41, 5.74) is 1.88. The average Bonchev–Trinajstić information content (AvgIpc) is 3.17. The van der Waals surface area contributed by atoms with Gasteiger partial charge < -0.3 is 4.42 Å². The van der Waals surface area contributed by atoms with Gasteiger partial charge in [0.05, 0.1) is 17.1 Å². The first-order valence-corrected chi connectivity index (χ1v) is 10.7. The van der Waals surface area contributed by atoms with E-state index in [9.17, 15) is 4.79 Å². The predicted octanol–water partition coefficient (Wildman–Crippen LogP) is 6.22. The van der Waals surface area contributed by atoms with Crippen molar-refractivity contribution in [2.24, 2.45) is 5.10 Å². The highest BCUT2D eigenvalue weighted by Crippen LogP contribution is 2.29. The van der Waals surface area contributed by atoms with Gasteiger partial charge in [0.2, 0.25) is 5.82 Å². The molecule has 2 aromatic heterocycles. The van der Waals surface area contributed by atoms with Crippen LogP contribution in [0.15, 0.2) is 96.1 Å². The van der Waals surface area contributed by atoms with Gasteiger partial charge in [0, 0.05) is 19.9 Å². The number of benzene rings is 3. The van der Waals surface area contributed by atoms with Crippen LogP contribution in [0.2, 0.25) is 0 Å². The van der Waals surface area contributed by atoms with Crippen molar-refractivity contribution in [3.05, 3.63) is 97.7 Å². The maximum absolute atomic E-state index is 13.2. The maximum Gasteiger partial charge on any atom is 0.282 e. The van der Waals surface area contributed by atoms with Crippen LogP contribution in [0.25, 0.3) is 33.5 Å². The molecule has 0 atom stereocenters. The van der Waals surface area contributed by atoms with Gasteiger partial charge in [-0.15, -0.1) is 0 Å². The number of rotatable bonds is 3. The SMILES string of the molecule is O=c1c2ccccc2nc(-c2cc3cc(Br)ccc3o2)n1N=Cc1ccccc1Br. The minimum atomic E-state index is -0.263. The molecule has 0 spiro atoms. The summed E-state index contributed by atoms with van der Waals surface area (Å²) in [6.45, 7) is 0. The summed E-state index contributed by atoms with van der Waals surface area (Å²) in [4.78, 5) is 17.9. The number of hydrogen-bond donors (Lipinski definition) is 0. The lowest BCUT2D eigenvalue weighted by Gasteiger charge is -2.07. The van der Waals surface area contributed by atoms with Crippen molar-refractivity contribution in [1.82, 2.24) is 9.66 Å². The fourth-order valence-corrected chi connectivity index (χ4v) is 3.98. The van der Waals surface area contributed by atoms with E-state index in [4.69, 9.17) is 9.40 Å². The summed E-state index contributed by atoms with van der Waals surface area (Å²) in [6.07, 6.45) is 1.63. The zero-order valence-corrected chi connectivity index (χ0v) is 18.6. The minimum absolute atomic E-state index is 0.263. The number of aromatic nitrogens is 2. The van der Waals surface area contributed by atoms with E-state index in [2.05, 4.69) is 37.0 Å². The van der Waals surface area contributed by atoms with Crippen molar-refractivity contribution in [2.45, 2.75) is 0 Å². The average molecular weight is 523 g/mol. The van der Waals surface area contributed by atoms with Crippen molar-refractivity contribution in [3.63, 3.8) is 0 Å². The molecule has 3 aromatic carbocycles. The Morgan fingerprint density at radius 3 is 2.63 bits per heavy atom. The summed E-state index contributed by atoms with van der Waals surface area (Å²) < 4.78 is 9.11. The number of hydrogen-bond acceptors (Lipinski definition) is 4. The molecule has 30 heavy (non-hydrogen) atoms. The Labute approximate surface area is 187 Å². The standard InChI is InChI=1S/C23H13Br2N3O2/c24-16-9-10-20-15(11-16)12-21(30-20)22-27-19-8-4-2-6-17(19)23(29)28(22)26-13-14-5-1-3-7-18(14)25/h1-13H. The Kier molecular flexibility index (Phi) is 4.84. The molecule has 7 heteroatoms. The molecule has 0 fully saturated rings. The Morgan fingerprint density at radius 2 is 1.77 bits per heavy atom. The van der Waals surface area contributed by atoms with Crippen LogP contribution in [-0.2, 0) is 0 Å². The van der Waals surface area contributed by atoms with Crippen LogP contribution in [0.5, 0.6) is 0 Å². The maximum atomic E-state index is 13.2. The second-order valence-corrected chi connectivity index (χ2v) is 8.40. The van der Waals surface area contributed by atoms with Crippen LogP contribution < -0.4 is 5.56 Å². The van der Waals surface area contributed by atoms with Crippen LogP contribution >= 0.6 is 31.9 Å². The van der Waals surface area contributed by atoms with Crippen molar-refractivity contribution < 1.29 is 4.42 Å². The van der Waals surface area contributed by atoms with E-state index < -0.39 is 0 Å². The minimum Gasteiger partial charge on any atom is -0.453 e. The van der Waals surface area contributed by atoms with Crippen molar-refractivity contribution in [3.8, 4) is 11.6 Å². The largest absolute Gasteiger partial charge is 0.453 e. The monoisotopic (exact) mass is 521 g/mol. The Bertz CT molecular complexity index is 1500. The van der Waals surface area contributed by atoms with Crippen molar-refractivity contribution >= 4 is 59.9 Å². The van der Waals surface area contributed by atoms with Gasteiger partial charge in [-0.25, -0.2) is 4.98 Å². The number of fused-ring (bicyclic) bond motifs is 2. The fraction of sp³-hybridized carbons (Fsp3) is 0. The molecule has 0 aliphatic carbocycles. The molecule has 0 saturated heterocycles. The molecule has 0 bridgehead atoms. The molecule has 2 heterocycles. The summed E-state index contributed by atoms with van der Waals surface area (Å²) in [7, 11) is 0. The first-order chi connectivity index (χ1) is 14.6. The van der Waals surface area contributed by atoms with Gasteiger partial charge in [0.25, 0.3) is 5.56 Å². The smallest absolute Gasteiger partial charge is 0.282 e. The third-order valence-electron chi connectivity index (χ3n) is 4.67. The molecule has 146 valence electrons. The van der Waals surface area contributed by atoms with Gasteiger partial charge in [-0.3, -0.25) is 4.79 Å². The molecule has 0 amide bonds. The number of nitrogens with zero attached hydrogens (tertiary/aromatic N) is 3. The molecule has 5 rings (SSSR count). The van der Waals surface area contributed by atoms with E-state index in [0.717, 1.165) is 19.9 Å². The third-order valence-corrected chi connectivity index (χ3v) is 5.89. The molecule has 0 unspecified atom stereocenters. The van der Waals surface area contributed by atoms with Crippen LogP contribution in [0.1, 0.15) is 5.56 Å². The van der Waals surface area contributed by atoms with E-state index in [1.807, 2.05) is 60.7 Å². The second kappa shape index (κ2) is 7.66. The molecule has 0 aliphatic heterocycles. The van der Waals surface area contributed by atoms with E-state index in [0.29, 0.717) is 28.1 Å². The Morgan fingerprint density at radius 1 is 0.967 bits per heavy atom. The van der Waals surface area contributed by atoms with Crippen LogP contribution in [0.3, 0.4) is 0 Å². The summed E-state index contributed by atoms with van der Waals surface area (Å²) in [6, 6.07) is 22.5. The van der Waals surface area contributed by atoms with Crippen molar-refractivity contribution in [2.75, 3.05) is 0 Å². The molecular formula is C23H13Br2N3O2. The van der Waals surface area contributed by atoms with E-state index in [1.165, 1.54) is 4.68 Å². The van der Waals surface area contributed by atoms with Gasteiger partial charge in [-0.2, -0.15) is 9.78 Å². The molecular weight excluding hydrogens is 510 g/mol. The normalized spacial score (nSPS) is 11.7. The highest BCUT2D eigenvalue weighted by atomic mass is 79.9. The molecule has 0 radical (unpaired) electrons. The van der Waals surface area contributed by atoms with Crippen LogP contribution in [0, 0.1) is 0 Å². The van der Waals surface area contributed by atoms with Gasteiger partial charge in [-0.05, 0) is 42.5 Å². The van der Waals surface area contributed by atoms with Crippen molar-refractivity contribution in [1.29, 1.82) is 0 Å². The van der Waals surface area contributed by atoms with Gasteiger partial charge in [0.1, 0.15) is 5.58 Å². The molecule has 5 nitrogen and oxygen atoms in total. The van der Waals surface area contributed by atoms with E-state index in [-0.39, 0.29) is 5.56 Å². The molecule has 0 saturated carbocycles. The quantitative estimate of drug-likeness (QED) is 0.264. The van der Waals surface area contributed by atoms with E-state index in [1.54, 1.807) is 18.3 Å². The number of para-hydroxylation sites is 1. The number of furan rings is 1. The lowest BCUT2D eigenvalue weighted by molar-refractivity contribution is 0.616. The number of halogens is 2. The van der Waals surface area contributed by atoms with Gasteiger partial charge >= 0.3 is 0 Å². The molecule has 0 N–H and O–H groups in total. The third kappa shape index (κ3) is 3.40. The lowest BCUT2D eigenvalue weighted by atomic mass is 10.2. The first-order valence-electron chi connectivity index (χ1n) is 9.10. The van der Waals surface area contributed by atoms with Gasteiger partial charge in [0.15, 0.2) is 5.76 Å². The lowest BCUT2D eigenvalue weighted by Crippen LogP contribution is -2.20. The fourth-order valence-electron chi connectivity index (χ4n) is 3.21. The second-order valence-electron chi connectivity index (χ2n) is 6.63. The summed E-state index contributed by atoms with van der Waals surface area (Å²) in [5.74, 6) is 0.810. The summed E-state index contributed by atoms with van der Waals surface area (Å²) >= 11 is 6.98. The Balaban J connectivity index is 1.76. The molecule has 0 aliphatic rings. The van der Waals surface area contributed by atoms with Crippen LogP contribution in [-0.4, -0.2) is 15.9 Å². The van der Waals surface area contributed by atoms with Gasteiger partial charge in [-0.1, -0.05) is 62.2 Å². The molecule has 5 aromatic rings. The highest BCUT2D eigenvalue weighted by molar-refractivity contribution is 9.10. The predicted molar refractivity (Wildman–Crippen MR) is 126 cm³/mol. The first kappa shape index (κ1) is 19.0. The summed E-state index contributed by atoms with van der Waals surface area (Å²) in [5, 5.41) is 5.86. The zero-order valence-electron chi connectivity index (χ0n) is 15.4. The van der Waals surface area contributed by atoms with Crippen LogP contribution in [0.4, 0.5) is 0 Å².